The number of ether oxygens (including phenoxy) is 2. The van der Waals surface area contributed by atoms with Gasteiger partial charge in [0, 0.05) is 17.0 Å². The summed E-state index contributed by atoms with van der Waals surface area (Å²) in [7, 11) is 0. The van der Waals surface area contributed by atoms with Crippen molar-refractivity contribution in [1.29, 1.82) is 0 Å². The highest BCUT2D eigenvalue weighted by atomic mass is 19.2. The molecule has 2 nitrogen and oxygen atoms in total. The lowest BCUT2D eigenvalue weighted by molar-refractivity contribution is -0.000667. The summed E-state index contributed by atoms with van der Waals surface area (Å²) >= 11 is 0. The van der Waals surface area contributed by atoms with Crippen molar-refractivity contribution in [3.05, 3.63) is 95.1 Å². The first-order valence-corrected chi connectivity index (χ1v) is 11.8. The molecule has 3 aromatic carbocycles. The molecule has 1 saturated heterocycles. The molecule has 3 aromatic rings. The van der Waals surface area contributed by atoms with Crippen LogP contribution in [0.25, 0.3) is 17.2 Å². The summed E-state index contributed by atoms with van der Waals surface area (Å²) in [6.45, 7) is 6.14. The van der Waals surface area contributed by atoms with Crippen LogP contribution >= 0.6 is 0 Å². The van der Waals surface area contributed by atoms with Gasteiger partial charge in [-0.2, -0.15) is 4.39 Å². The van der Waals surface area contributed by atoms with Gasteiger partial charge in [-0.05, 0) is 61.4 Å². The normalized spacial score (nSPS) is 17.9. The quantitative estimate of drug-likeness (QED) is 0.303. The Kier molecular flexibility index (Phi) is 7.91. The van der Waals surface area contributed by atoms with E-state index in [1.807, 2.05) is 12.1 Å². The zero-order chi connectivity index (χ0) is 24.9. The fraction of sp³-hybridized carbons (Fsp3) is 0.310. The molecule has 6 heteroatoms. The number of aryl methyl sites for hydroxylation is 1. The van der Waals surface area contributed by atoms with Crippen molar-refractivity contribution in [2.24, 2.45) is 0 Å². The number of halogens is 4. The van der Waals surface area contributed by atoms with Gasteiger partial charge in [-0.25, -0.2) is 13.2 Å². The standard InChI is InChI=1S/C29H28F4O2/c1-3-18-5-7-19(8-6-18)21-10-13-22(35-17-21)12-9-20-11-14-23(27(31)26(20)30)24-15-16-25(34-4-2)29(33)28(24)32/h3,5-8,11,14-16,21-22H,1,4,9-10,12-13,17H2,2H3. The molecule has 1 aliphatic rings. The SMILES string of the molecule is C=Cc1ccc(C2CCC(CCc3ccc(-c4ccc(OCC)c(F)c4F)c(F)c3F)OC2)cc1. The lowest BCUT2D eigenvalue weighted by atomic mass is 9.89. The minimum Gasteiger partial charge on any atom is -0.491 e. The van der Waals surface area contributed by atoms with Crippen molar-refractivity contribution in [1.82, 2.24) is 0 Å². The third kappa shape index (κ3) is 5.43. The number of hydrogen-bond acceptors (Lipinski definition) is 2. The lowest BCUT2D eigenvalue weighted by Gasteiger charge is -2.29. The molecule has 0 aliphatic carbocycles. The highest BCUT2D eigenvalue weighted by Gasteiger charge is 2.25. The maximum absolute atomic E-state index is 14.8. The molecule has 0 radical (unpaired) electrons. The Hall–Kier alpha value is -3.12. The topological polar surface area (TPSA) is 18.5 Å². The van der Waals surface area contributed by atoms with Crippen LogP contribution in [0, 0.1) is 23.3 Å². The summed E-state index contributed by atoms with van der Waals surface area (Å²) in [6.07, 6.45) is 4.37. The fourth-order valence-corrected chi connectivity index (χ4v) is 4.51. The lowest BCUT2D eigenvalue weighted by Crippen LogP contribution is -2.25. The molecule has 0 saturated carbocycles. The Morgan fingerprint density at radius 1 is 0.886 bits per heavy atom. The summed E-state index contributed by atoms with van der Waals surface area (Å²) in [5.41, 5.74) is 1.79. The zero-order valence-electron chi connectivity index (χ0n) is 19.6. The number of rotatable bonds is 8. The van der Waals surface area contributed by atoms with Crippen LogP contribution in [0.4, 0.5) is 17.6 Å². The molecule has 0 aromatic heterocycles. The first-order valence-electron chi connectivity index (χ1n) is 11.8. The molecular weight excluding hydrogens is 456 g/mol. The van der Waals surface area contributed by atoms with Crippen molar-refractivity contribution in [2.45, 2.75) is 44.6 Å². The van der Waals surface area contributed by atoms with Gasteiger partial charge in [0.05, 0.1) is 19.3 Å². The van der Waals surface area contributed by atoms with Crippen LogP contribution in [0.1, 0.15) is 48.8 Å². The molecular formula is C29H28F4O2. The van der Waals surface area contributed by atoms with Crippen LogP contribution in [0.5, 0.6) is 5.75 Å². The van der Waals surface area contributed by atoms with E-state index in [0.717, 1.165) is 18.4 Å². The molecule has 1 aliphatic heterocycles. The Balaban J connectivity index is 1.39. The van der Waals surface area contributed by atoms with E-state index in [4.69, 9.17) is 9.47 Å². The van der Waals surface area contributed by atoms with Crippen molar-refractivity contribution in [3.63, 3.8) is 0 Å². The maximum atomic E-state index is 14.8. The maximum Gasteiger partial charge on any atom is 0.201 e. The zero-order valence-corrected chi connectivity index (χ0v) is 19.6. The summed E-state index contributed by atoms with van der Waals surface area (Å²) in [5, 5.41) is 0. The third-order valence-corrected chi connectivity index (χ3v) is 6.55. The van der Waals surface area contributed by atoms with Crippen molar-refractivity contribution in [3.8, 4) is 16.9 Å². The van der Waals surface area contributed by atoms with Crippen LogP contribution in [0.15, 0.2) is 55.1 Å². The predicted molar refractivity (Wildman–Crippen MR) is 129 cm³/mol. The third-order valence-electron chi connectivity index (χ3n) is 6.55. The van der Waals surface area contributed by atoms with E-state index < -0.39 is 23.3 Å². The highest BCUT2D eigenvalue weighted by molar-refractivity contribution is 5.66. The Morgan fingerprint density at radius 3 is 2.20 bits per heavy atom. The van der Waals surface area contributed by atoms with Gasteiger partial charge in [0.2, 0.25) is 5.82 Å². The van der Waals surface area contributed by atoms with Crippen molar-refractivity contribution < 1.29 is 27.0 Å². The first-order chi connectivity index (χ1) is 16.9. The van der Waals surface area contributed by atoms with Crippen LogP contribution in [0.3, 0.4) is 0 Å². The molecule has 1 fully saturated rings. The van der Waals surface area contributed by atoms with Gasteiger partial charge < -0.3 is 9.47 Å². The molecule has 0 bridgehead atoms. The predicted octanol–water partition coefficient (Wildman–Crippen LogP) is 7.85. The monoisotopic (exact) mass is 484 g/mol. The smallest absolute Gasteiger partial charge is 0.201 e. The van der Waals surface area contributed by atoms with Gasteiger partial charge in [-0.15, -0.1) is 0 Å². The summed E-state index contributed by atoms with van der Waals surface area (Å²) < 4.78 is 69.4. The average molecular weight is 485 g/mol. The summed E-state index contributed by atoms with van der Waals surface area (Å²) in [5.74, 6) is -4.70. The van der Waals surface area contributed by atoms with E-state index in [2.05, 4.69) is 18.7 Å². The number of hydrogen-bond donors (Lipinski definition) is 0. The van der Waals surface area contributed by atoms with E-state index in [1.54, 1.807) is 13.0 Å². The largest absolute Gasteiger partial charge is 0.491 e. The minimum atomic E-state index is -1.27. The van der Waals surface area contributed by atoms with Crippen LogP contribution in [-0.4, -0.2) is 19.3 Å². The van der Waals surface area contributed by atoms with E-state index in [9.17, 15) is 17.6 Å². The van der Waals surface area contributed by atoms with E-state index in [0.29, 0.717) is 18.9 Å². The van der Waals surface area contributed by atoms with Gasteiger partial charge >= 0.3 is 0 Å². The van der Waals surface area contributed by atoms with Gasteiger partial charge in [-0.1, -0.05) is 49.1 Å². The minimum absolute atomic E-state index is 0.0431. The number of benzene rings is 3. The molecule has 2 atom stereocenters. The van der Waals surface area contributed by atoms with Crippen LogP contribution in [-0.2, 0) is 11.2 Å². The van der Waals surface area contributed by atoms with Crippen molar-refractivity contribution in [2.75, 3.05) is 13.2 Å². The second-order valence-electron chi connectivity index (χ2n) is 8.71. The van der Waals surface area contributed by atoms with Gasteiger partial charge in [0.15, 0.2) is 23.2 Å². The van der Waals surface area contributed by atoms with Crippen LogP contribution in [0.2, 0.25) is 0 Å². The molecule has 0 amide bonds. The van der Waals surface area contributed by atoms with Crippen molar-refractivity contribution >= 4 is 6.08 Å². The van der Waals surface area contributed by atoms with Gasteiger partial charge in [-0.3, -0.25) is 0 Å². The molecule has 1 heterocycles. The van der Waals surface area contributed by atoms with E-state index >= 15 is 0 Å². The molecule has 2 unspecified atom stereocenters. The van der Waals surface area contributed by atoms with E-state index in [-0.39, 0.29) is 41.6 Å². The summed E-state index contributed by atoms with van der Waals surface area (Å²) in [6, 6.07) is 13.4. The fourth-order valence-electron chi connectivity index (χ4n) is 4.51. The second kappa shape index (κ2) is 11.1. The Morgan fingerprint density at radius 2 is 1.57 bits per heavy atom. The second-order valence-corrected chi connectivity index (χ2v) is 8.71. The molecule has 35 heavy (non-hydrogen) atoms. The molecule has 4 rings (SSSR count). The average Bonchev–Trinajstić information content (AvgIpc) is 2.89. The van der Waals surface area contributed by atoms with Gasteiger partial charge in [0.25, 0.3) is 0 Å². The molecule has 184 valence electrons. The summed E-state index contributed by atoms with van der Waals surface area (Å²) in [4.78, 5) is 0. The van der Waals surface area contributed by atoms with Crippen LogP contribution < -0.4 is 4.74 Å². The molecule has 0 N–H and O–H groups in total. The van der Waals surface area contributed by atoms with Gasteiger partial charge in [0.1, 0.15) is 0 Å². The highest BCUT2D eigenvalue weighted by Crippen LogP contribution is 2.34. The van der Waals surface area contributed by atoms with E-state index in [1.165, 1.54) is 29.8 Å². The molecule has 0 spiro atoms. The Labute approximate surface area is 203 Å². The Bertz CT molecular complexity index is 1180. The first kappa shape index (κ1) is 25.0.